The Hall–Kier alpha value is -6.27. The van der Waals surface area contributed by atoms with Gasteiger partial charge in [0.2, 0.25) is 0 Å². The molecule has 0 saturated heterocycles. The van der Waals surface area contributed by atoms with E-state index in [-0.39, 0.29) is 17.8 Å². The number of halogens is 2. The van der Waals surface area contributed by atoms with Gasteiger partial charge in [-0.2, -0.15) is 8.78 Å². The summed E-state index contributed by atoms with van der Waals surface area (Å²) in [5, 5.41) is 1.77. The predicted octanol–water partition coefficient (Wildman–Crippen LogP) is 12.5. The van der Waals surface area contributed by atoms with Crippen molar-refractivity contribution in [3.63, 3.8) is 0 Å². The third-order valence-electron chi connectivity index (χ3n) is 11.5. The van der Waals surface area contributed by atoms with E-state index in [9.17, 15) is 0 Å². The molecule has 0 saturated carbocycles. The Labute approximate surface area is 331 Å². The molecule has 9 rings (SSSR count). The van der Waals surface area contributed by atoms with E-state index in [1.54, 1.807) is 36.5 Å². The highest BCUT2D eigenvalue weighted by Crippen LogP contribution is 2.46. The van der Waals surface area contributed by atoms with Crippen molar-refractivity contribution in [3.05, 3.63) is 197 Å². The average Bonchev–Trinajstić information content (AvgIpc) is 3.80. The lowest BCUT2D eigenvalue weighted by atomic mass is 9.71. The van der Waals surface area contributed by atoms with E-state index in [0.717, 1.165) is 33.0 Å². The Kier molecular flexibility index (Phi) is 7.54. The molecule has 0 amide bonds. The molecule has 6 aromatic carbocycles. The first-order chi connectivity index (χ1) is 28.2. The molecule has 0 spiro atoms. The van der Waals surface area contributed by atoms with Crippen LogP contribution < -0.4 is 9.80 Å². The third kappa shape index (κ3) is 5.74. The Bertz CT molecular complexity index is 2810. The Morgan fingerprint density at radius 3 is 1.88 bits per heavy atom. The second-order valence-corrected chi connectivity index (χ2v) is 15.9. The van der Waals surface area contributed by atoms with Crippen LogP contribution in [0.1, 0.15) is 65.2 Å². The topological polar surface area (TPSA) is 24.3 Å². The summed E-state index contributed by atoms with van der Waals surface area (Å²) < 4.78 is 61.6. The molecule has 1 aliphatic heterocycles. The summed E-state index contributed by atoms with van der Waals surface area (Å²) in [6, 6.07) is 49.9. The number of pyridine rings is 1. The van der Waals surface area contributed by atoms with Crippen molar-refractivity contribution >= 4 is 38.9 Å². The van der Waals surface area contributed by atoms with Gasteiger partial charge in [0.15, 0.2) is 0 Å². The number of aromatic nitrogens is 2. The molecule has 2 aromatic heterocycles. The maximum absolute atomic E-state index is 17.5. The number of para-hydroxylation sites is 3. The lowest BCUT2D eigenvalue weighted by Crippen LogP contribution is -2.25. The summed E-state index contributed by atoms with van der Waals surface area (Å²) >= 11 is 0. The van der Waals surface area contributed by atoms with Crippen molar-refractivity contribution < 1.29 is 12.9 Å². The number of alkyl halides is 2. The molecule has 0 atom stereocenters. The molecule has 0 radical (unpaired) electrons. The Morgan fingerprint density at radius 1 is 0.554 bits per heavy atom. The molecule has 6 heteroatoms. The van der Waals surface area contributed by atoms with Gasteiger partial charge in [-0.15, -0.1) is 0 Å². The van der Waals surface area contributed by atoms with Gasteiger partial charge >= 0.3 is 0 Å². The number of hydrogen-bond donors (Lipinski definition) is 0. The fourth-order valence-corrected chi connectivity index (χ4v) is 8.29. The van der Waals surface area contributed by atoms with Gasteiger partial charge < -0.3 is 9.80 Å². The number of anilines is 3. The molecule has 0 N–H and O–H groups in total. The fourth-order valence-electron chi connectivity index (χ4n) is 8.29. The highest BCUT2D eigenvalue weighted by atomic mass is 19.3. The van der Waals surface area contributed by atoms with E-state index >= 15 is 8.78 Å². The third-order valence-corrected chi connectivity index (χ3v) is 11.5. The maximum atomic E-state index is 17.5. The van der Waals surface area contributed by atoms with Crippen LogP contribution in [-0.2, 0) is 16.8 Å². The van der Waals surface area contributed by atoms with Crippen LogP contribution in [0.2, 0.25) is 0 Å². The maximum Gasteiger partial charge on any atom is 0.298 e. The number of hydrogen-bond acceptors (Lipinski definition) is 3. The number of nitrogens with zero attached hydrogens (tertiary/aromatic N) is 4. The van der Waals surface area contributed by atoms with Crippen molar-refractivity contribution in [2.45, 2.75) is 44.4 Å². The van der Waals surface area contributed by atoms with Gasteiger partial charge in [0.25, 0.3) is 5.92 Å². The zero-order valence-corrected chi connectivity index (χ0v) is 31.8. The first-order valence-electron chi connectivity index (χ1n) is 20.5. The Balaban J connectivity index is 1.20. The molecular formula is C50H44F2N4. The first kappa shape index (κ1) is 32.0. The number of fused-ring (bicyclic) bond motifs is 4. The van der Waals surface area contributed by atoms with Crippen molar-refractivity contribution in [2.75, 3.05) is 23.4 Å². The smallest absolute Gasteiger partial charge is 0.298 e. The molecule has 0 bridgehead atoms. The number of rotatable bonds is 7. The lowest BCUT2D eigenvalue weighted by Gasteiger charge is -2.32. The molecular weight excluding hydrogens is 695 g/mol. The van der Waals surface area contributed by atoms with E-state index in [2.05, 4.69) is 37.3 Å². The van der Waals surface area contributed by atoms with Gasteiger partial charge in [0, 0.05) is 50.3 Å². The minimum Gasteiger partial charge on any atom is -0.355 e. The van der Waals surface area contributed by atoms with Crippen molar-refractivity contribution in [1.29, 1.82) is 0 Å². The summed E-state index contributed by atoms with van der Waals surface area (Å²) in [5.41, 5.74) is 5.77. The van der Waals surface area contributed by atoms with E-state index in [4.69, 9.17) is 9.10 Å². The van der Waals surface area contributed by atoms with E-state index < -0.39 is 23.7 Å². The van der Waals surface area contributed by atoms with Crippen molar-refractivity contribution in [3.8, 4) is 5.82 Å². The lowest BCUT2D eigenvalue weighted by molar-refractivity contribution is 0.0428. The van der Waals surface area contributed by atoms with Gasteiger partial charge in [0.1, 0.15) is 5.82 Å². The van der Waals surface area contributed by atoms with Gasteiger partial charge in [-0.3, -0.25) is 4.57 Å². The molecule has 0 fully saturated rings. The molecule has 8 aromatic rings. The Morgan fingerprint density at radius 2 is 1.18 bits per heavy atom. The van der Waals surface area contributed by atoms with Crippen LogP contribution in [0.3, 0.4) is 0 Å². The van der Waals surface area contributed by atoms with E-state index in [1.165, 1.54) is 17.0 Å². The first-order valence-corrected chi connectivity index (χ1v) is 19.0. The van der Waals surface area contributed by atoms with Crippen LogP contribution in [0.25, 0.3) is 27.6 Å². The SMILES string of the molecule is [2H]C([2H])([2H])N1CN(c2cc(C(C)(C)C)cc(C(F)(F)c3ccc4c5ccccc5n(-c5cc(C(C)(c6ccccc6)c6ccccc6)ccn5)c4c3)c2)c2ccccc21. The van der Waals surface area contributed by atoms with E-state index in [1.807, 2.05) is 115 Å². The zero-order chi connectivity index (χ0) is 41.3. The highest BCUT2D eigenvalue weighted by Gasteiger charge is 2.38. The summed E-state index contributed by atoms with van der Waals surface area (Å²) in [5.74, 6) is -2.81. The van der Waals surface area contributed by atoms with Crippen molar-refractivity contribution in [1.82, 2.24) is 9.55 Å². The second-order valence-electron chi connectivity index (χ2n) is 15.9. The molecule has 1 aliphatic rings. The summed E-state index contributed by atoms with van der Waals surface area (Å²) in [4.78, 5) is 8.04. The summed E-state index contributed by atoms with van der Waals surface area (Å²) in [6.45, 7) is 5.78. The molecule has 56 heavy (non-hydrogen) atoms. The van der Waals surface area contributed by atoms with Crippen LogP contribution in [0, 0.1) is 0 Å². The quantitative estimate of drug-likeness (QED) is 0.163. The predicted molar refractivity (Wildman–Crippen MR) is 227 cm³/mol. The molecule has 0 aliphatic carbocycles. The fraction of sp³-hybridized carbons (Fsp3) is 0.180. The second kappa shape index (κ2) is 13.2. The van der Waals surface area contributed by atoms with Gasteiger partial charge in [0.05, 0.1) is 29.1 Å². The van der Waals surface area contributed by atoms with Crippen LogP contribution in [-0.4, -0.2) is 23.2 Å². The molecule has 4 nitrogen and oxygen atoms in total. The molecule has 3 heterocycles. The number of benzene rings is 6. The van der Waals surface area contributed by atoms with Crippen LogP contribution in [0.15, 0.2) is 164 Å². The minimum absolute atomic E-state index is 0.000171. The normalized spacial score (nSPS) is 14.5. The van der Waals surface area contributed by atoms with Crippen LogP contribution in [0.4, 0.5) is 25.8 Å². The van der Waals surface area contributed by atoms with Crippen LogP contribution >= 0.6 is 0 Å². The van der Waals surface area contributed by atoms with Gasteiger partial charge in [-0.25, -0.2) is 4.98 Å². The van der Waals surface area contributed by atoms with E-state index in [0.29, 0.717) is 34.0 Å². The van der Waals surface area contributed by atoms with Gasteiger partial charge in [-0.1, -0.05) is 124 Å². The van der Waals surface area contributed by atoms with Crippen molar-refractivity contribution in [2.24, 2.45) is 0 Å². The summed E-state index contributed by atoms with van der Waals surface area (Å²) in [6.07, 6.45) is 1.80. The summed E-state index contributed by atoms with van der Waals surface area (Å²) in [7, 11) is 0. The molecule has 278 valence electrons. The average molecular weight is 742 g/mol. The monoisotopic (exact) mass is 741 g/mol. The van der Waals surface area contributed by atoms with Gasteiger partial charge in [-0.05, 0) is 89.2 Å². The molecule has 0 unspecified atom stereocenters. The van der Waals surface area contributed by atoms with Crippen LogP contribution in [0.5, 0.6) is 0 Å². The largest absolute Gasteiger partial charge is 0.355 e. The zero-order valence-electron chi connectivity index (χ0n) is 34.8. The minimum atomic E-state index is -3.43. The standard InChI is InChI=1S/C50H44F2N4/c1-48(2,3)38-28-39(30-40(29-38)55-33-54(5)44-22-14-15-23-45(44)55)50(51,52)37-24-25-42-41-20-12-13-21-43(41)56(46(42)31-37)47-32-36(26-27-53-47)49(4,34-16-8-6-9-17-34)35-18-10-7-11-19-35/h6-32H,33H2,1-5H3/i5D3. The highest BCUT2D eigenvalue weighted by molar-refractivity contribution is 6.09.